The standard InChI is InChI=1S/C18H26Cl2N2O4S2/c1-17(19,7-11-5-13(23)21(3)15(11)25)9-27-28-10-18(2,20)8-12-6-14(24)22(4)16(12)26/h11-12H,5-10H2,1-4H3. The lowest BCUT2D eigenvalue weighted by molar-refractivity contribution is -0.139. The molecule has 0 saturated carbocycles. The summed E-state index contributed by atoms with van der Waals surface area (Å²) in [6, 6.07) is 0. The van der Waals surface area contributed by atoms with Crippen molar-refractivity contribution in [1.82, 2.24) is 9.80 Å². The second-order valence-electron chi connectivity index (χ2n) is 8.14. The fraction of sp³-hybridized carbons (Fsp3) is 0.778. The topological polar surface area (TPSA) is 74.8 Å². The third-order valence-corrected chi connectivity index (χ3v) is 8.87. The van der Waals surface area contributed by atoms with Gasteiger partial charge in [-0.15, -0.1) is 23.2 Å². The number of hydrogen-bond donors (Lipinski definition) is 0. The van der Waals surface area contributed by atoms with Crippen molar-refractivity contribution < 1.29 is 19.2 Å². The predicted octanol–water partition coefficient (Wildman–Crippen LogP) is 3.15. The molecule has 2 aliphatic heterocycles. The van der Waals surface area contributed by atoms with E-state index in [9.17, 15) is 19.2 Å². The van der Waals surface area contributed by atoms with Crippen molar-refractivity contribution in [3.05, 3.63) is 0 Å². The quantitative estimate of drug-likeness (QED) is 0.224. The summed E-state index contributed by atoms with van der Waals surface area (Å²) in [5.74, 6) is -0.165. The van der Waals surface area contributed by atoms with E-state index >= 15 is 0 Å². The summed E-state index contributed by atoms with van der Waals surface area (Å²) in [6.07, 6.45) is 1.33. The van der Waals surface area contributed by atoms with Crippen LogP contribution in [0.15, 0.2) is 0 Å². The number of likely N-dealkylation sites (tertiary alicyclic amines) is 2. The van der Waals surface area contributed by atoms with E-state index in [2.05, 4.69) is 0 Å². The van der Waals surface area contributed by atoms with Crippen LogP contribution in [0.25, 0.3) is 0 Å². The van der Waals surface area contributed by atoms with Gasteiger partial charge < -0.3 is 0 Å². The summed E-state index contributed by atoms with van der Waals surface area (Å²) in [5.41, 5.74) is 0. The molecule has 10 heteroatoms. The highest BCUT2D eigenvalue weighted by Gasteiger charge is 2.41. The Morgan fingerprint density at radius 1 is 0.821 bits per heavy atom. The SMILES string of the molecule is CN1C(=O)CC(CC(C)(Cl)CSSCC(C)(Cl)CC2CC(=O)N(C)C2=O)C1=O. The second-order valence-corrected chi connectivity index (χ2v) is 12.4. The van der Waals surface area contributed by atoms with E-state index in [-0.39, 0.29) is 48.3 Å². The highest BCUT2D eigenvalue weighted by atomic mass is 35.5. The van der Waals surface area contributed by atoms with E-state index in [0.717, 1.165) is 0 Å². The zero-order chi connectivity index (χ0) is 21.3. The number of alkyl halides is 2. The number of carbonyl (C=O) groups is 4. The van der Waals surface area contributed by atoms with E-state index in [1.807, 2.05) is 13.8 Å². The van der Waals surface area contributed by atoms with Gasteiger partial charge in [0.25, 0.3) is 0 Å². The highest BCUT2D eigenvalue weighted by Crippen LogP contribution is 2.40. The predicted molar refractivity (Wildman–Crippen MR) is 114 cm³/mol. The third kappa shape index (κ3) is 6.03. The first kappa shape index (κ1) is 23.8. The van der Waals surface area contributed by atoms with Crippen LogP contribution in [0, 0.1) is 11.8 Å². The minimum Gasteiger partial charge on any atom is -0.285 e. The molecule has 0 spiro atoms. The van der Waals surface area contributed by atoms with Crippen LogP contribution in [0.4, 0.5) is 0 Å². The first-order valence-electron chi connectivity index (χ1n) is 9.06. The zero-order valence-electron chi connectivity index (χ0n) is 16.5. The van der Waals surface area contributed by atoms with Gasteiger partial charge in [-0.25, -0.2) is 0 Å². The summed E-state index contributed by atoms with van der Waals surface area (Å²) in [7, 11) is 6.13. The Balaban J connectivity index is 1.75. The Bertz CT molecular complexity index is 616. The molecular weight excluding hydrogens is 443 g/mol. The fourth-order valence-corrected chi connectivity index (χ4v) is 7.50. The van der Waals surface area contributed by atoms with Crippen molar-refractivity contribution in [3.63, 3.8) is 0 Å². The molecular formula is C18H26Cl2N2O4S2. The van der Waals surface area contributed by atoms with Crippen molar-refractivity contribution in [3.8, 4) is 0 Å². The lowest BCUT2D eigenvalue weighted by Crippen LogP contribution is -2.30. The Morgan fingerprint density at radius 2 is 1.14 bits per heavy atom. The maximum absolute atomic E-state index is 12.1. The smallest absolute Gasteiger partial charge is 0.232 e. The van der Waals surface area contributed by atoms with Gasteiger partial charge in [-0.2, -0.15) is 0 Å². The molecule has 0 N–H and O–H groups in total. The molecule has 28 heavy (non-hydrogen) atoms. The number of halogens is 2. The van der Waals surface area contributed by atoms with Crippen LogP contribution in [0.2, 0.25) is 0 Å². The van der Waals surface area contributed by atoms with Gasteiger partial charge in [0, 0.05) is 50.3 Å². The normalized spacial score (nSPS) is 27.5. The van der Waals surface area contributed by atoms with Gasteiger partial charge in [0.2, 0.25) is 23.6 Å². The molecule has 4 unspecified atom stereocenters. The lowest BCUT2D eigenvalue weighted by atomic mass is 9.95. The Labute approximate surface area is 183 Å². The van der Waals surface area contributed by atoms with Crippen LogP contribution in [0.1, 0.15) is 39.5 Å². The molecule has 2 heterocycles. The number of nitrogens with zero attached hydrogens (tertiary/aromatic N) is 2. The van der Waals surface area contributed by atoms with Crippen molar-refractivity contribution in [2.75, 3.05) is 25.6 Å². The summed E-state index contributed by atoms with van der Waals surface area (Å²) < 4.78 is 0. The van der Waals surface area contributed by atoms with Crippen LogP contribution in [0.5, 0.6) is 0 Å². The summed E-state index contributed by atoms with van der Waals surface area (Å²) in [5, 5.41) is 0. The van der Waals surface area contributed by atoms with Gasteiger partial charge in [0.05, 0.1) is 9.75 Å². The number of imide groups is 2. The number of hydrogen-bond acceptors (Lipinski definition) is 6. The fourth-order valence-electron chi connectivity index (χ4n) is 3.46. The maximum atomic E-state index is 12.1. The van der Waals surface area contributed by atoms with E-state index in [1.54, 1.807) is 21.6 Å². The lowest BCUT2D eigenvalue weighted by Gasteiger charge is -2.26. The minimum absolute atomic E-state index is 0.159. The van der Waals surface area contributed by atoms with Gasteiger partial charge in [0.15, 0.2) is 0 Å². The van der Waals surface area contributed by atoms with Gasteiger partial charge in [-0.05, 0) is 26.7 Å². The van der Waals surface area contributed by atoms with Gasteiger partial charge >= 0.3 is 0 Å². The Kier molecular flexibility index (Phi) is 7.78. The second kappa shape index (κ2) is 9.14. The molecule has 0 radical (unpaired) electrons. The van der Waals surface area contributed by atoms with Crippen LogP contribution in [-0.4, -0.2) is 68.8 Å². The van der Waals surface area contributed by atoms with E-state index in [4.69, 9.17) is 23.2 Å². The van der Waals surface area contributed by atoms with Crippen LogP contribution in [0.3, 0.4) is 0 Å². The highest BCUT2D eigenvalue weighted by molar-refractivity contribution is 8.76. The molecule has 2 saturated heterocycles. The molecule has 0 aromatic heterocycles. The largest absolute Gasteiger partial charge is 0.285 e. The summed E-state index contributed by atoms with van der Waals surface area (Å²) in [6.45, 7) is 3.74. The molecule has 2 rings (SSSR count). The van der Waals surface area contributed by atoms with Crippen molar-refractivity contribution in [2.45, 2.75) is 49.3 Å². The van der Waals surface area contributed by atoms with E-state index < -0.39 is 9.75 Å². The Morgan fingerprint density at radius 3 is 1.39 bits per heavy atom. The molecule has 4 amide bonds. The number of rotatable bonds is 9. The molecule has 0 aliphatic carbocycles. The van der Waals surface area contributed by atoms with Crippen molar-refractivity contribution >= 4 is 68.4 Å². The molecule has 0 aromatic carbocycles. The van der Waals surface area contributed by atoms with Gasteiger partial charge in [-0.3, -0.25) is 29.0 Å². The molecule has 0 aromatic rings. The van der Waals surface area contributed by atoms with Crippen LogP contribution in [-0.2, 0) is 19.2 Å². The molecule has 2 aliphatic rings. The van der Waals surface area contributed by atoms with E-state index in [1.165, 1.54) is 23.9 Å². The summed E-state index contributed by atoms with van der Waals surface area (Å²) >= 11 is 13.2. The van der Waals surface area contributed by atoms with E-state index in [0.29, 0.717) is 24.3 Å². The monoisotopic (exact) mass is 468 g/mol. The van der Waals surface area contributed by atoms with Gasteiger partial charge in [0.1, 0.15) is 0 Å². The average Bonchev–Trinajstić information content (AvgIpc) is 2.96. The molecule has 2 fully saturated rings. The first-order chi connectivity index (χ1) is 12.8. The van der Waals surface area contributed by atoms with Crippen molar-refractivity contribution in [2.24, 2.45) is 11.8 Å². The third-order valence-electron chi connectivity index (χ3n) is 5.10. The number of carbonyl (C=O) groups excluding carboxylic acids is 4. The Hall–Kier alpha value is -0.440. The molecule has 6 nitrogen and oxygen atoms in total. The molecule has 4 atom stereocenters. The van der Waals surface area contributed by atoms with Crippen LogP contribution < -0.4 is 0 Å². The average molecular weight is 469 g/mol. The van der Waals surface area contributed by atoms with Crippen molar-refractivity contribution in [1.29, 1.82) is 0 Å². The zero-order valence-corrected chi connectivity index (χ0v) is 19.6. The minimum atomic E-state index is -0.608. The first-order valence-corrected chi connectivity index (χ1v) is 12.3. The van der Waals surface area contributed by atoms with Gasteiger partial charge in [-0.1, -0.05) is 21.6 Å². The summed E-state index contributed by atoms with van der Waals surface area (Å²) in [4.78, 5) is 48.5. The molecule has 158 valence electrons. The van der Waals surface area contributed by atoms with Crippen LogP contribution >= 0.6 is 44.8 Å². The maximum Gasteiger partial charge on any atom is 0.232 e. The number of amides is 4. The molecule has 0 bridgehead atoms.